The number of fused-ring (bicyclic) bond motifs is 3. The third-order valence-electron chi connectivity index (χ3n) is 7.83. The number of aliphatic imine (C=N–C) groups is 1. The van der Waals surface area contributed by atoms with Crippen molar-refractivity contribution in [3.63, 3.8) is 0 Å². The summed E-state index contributed by atoms with van der Waals surface area (Å²) in [4.78, 5) is 40.2. The lowest BCUT2D eigenvalue weighted by atomic mass is 9.94. The van der Waals surface area contributed by atoms with Crippen molar-refractivity contribution in [2.24, 2.45) is 4.99 Å². The number of anilines is 3. The largest absolute Gasteiger partial charge is 0.477 e. The first-order valence-corrected chi connectivity index (χ1v) is 13.5. The molecule has 3 aromatic rings. The van der Waals surface area contributed by atoms with E-state index in [4.69, 9.17) is 15.1 Å². The van der Waals surface area contributed by atoms with Gasteiger partial charge in [-0.3, -0.25) is 20.1 Å². The number of piperazine rings is 1. The summed E-state index contributed by atoms with van der Waals surface area (Å²) in [7, 11) is 2.20. The Kier molecular flexibility index (Phi) is 6.33. The summed E-state index contributed by atoms with van der Waals surface area (Å²) in [6, 6.07) is 6.75. The quantitative estimate of drug-likeness (QED) is 0.453. The smallest absolute Gasteiger partial charge is 0.225 e. The minimum atomic E-state index is -1.08. The number of likely N-dealkylation sites (N-methyl/N-ethyl adjacent to an activating group) is 1. The lowest BCUT2D eigenvalue weighted by Crippen LogP contribution is -2.46. The van der Waals surface area contributed by atoms with E-state index in [0.717, 1.165) is 35.6 Å². The van der Waals surface area contributed by atoms with Gasteiger partial charge < -0.3 is 15.0 Å². The number of pyridine rings is 2. The fourth-order valence-electron chi connectivity index (χ4n) is 5.63. The van der Waals surface area contributed by atoms with Crippen molar-refractivity contribution in [3.8, 4) is 5.75 Å². The molecule has 2 atom stereocenters. The summed E-state index contributed by atoms with van der Waals surface area (Å²) in [6.45, 7) is 9.74. The molecule has 0 aliphatic carbocycles. The van der Waals surface area contributed by atoms with E-state index in [-0.39, 0.29) is 11.4 Å². The topological polar surface area (TPSA) is 133 Å². The van der Waals surface area contributed by atoms with Crippen molar-refractivity contribution in [2.75, 3.05) is 30.4 Å². The van der Waals surface area contributed by atoms with Gasteiger partial charge in [-0.15, -0.1) is 0 Å². The predicted octanol–water partition coefficient (Wildman–Crippen LogP) is 3.25. The van der Waals surface area contributed by atoms with E-state index in [1.54, 1.807) is 38.4 Å². The van der Waals surface area contributed by atoms with E-state index in [9.17, 15) is 4.79 Å². The number of hydrogen-bond donors (Lipinski definition) is 2. The maximum Gasteiger partial charge on any atom is 0.225 e. The zero-order valence-electron chi connectivity index (χ0n) is 23.4. The first kappa shape index (κ1) is 26.0. The summed E-state index contributed by atoms with van der Waals surface area (Å²) in [5, 5.41) is 11.4. The lowest BCUT2D eigenvalue weighted by molar-refractivity contribution is -0.125. The van der Waals surface area contributed by atoms with E-state index in [0.29, 0.717) is 41.8 Å². The predicted molar refractivity (Wildman–Crippen MR) is 153 cm³/mol. The van der Waals surface area contributed by atoms with Crippen LogP contribution in [0.1, 0.15) is 48.5 Å². The number of nitrogens with zero attached hydrogens (tertiary/aromatic N) is 7. The molecule has 0 aromatic carbocycles. The molecule has 2 saturated heterocycles. The number of carbonyl (C=O) groups excluding carboxylic acids is 1. The monoisotopic (exact) mass is 539 g/mol. The Bertz CT molecular complexity index is 1550. The average Bonchev–Trinajstić information content (AvgIpc) is 3.49. The molecule has 11 heteroatoms. The van der Waals surface area contributed by atoms with Crippen LogP contribution in [-0.2, 0) is 11.3 Å². The van der Waals surface area contributed by atoms with Gasteiger partial charge in [0.25, 0.3) is 0 Å². The maximum atomic E-state index is 12.5. The number of carbonyl (C=O) groups is 1. The summed E-state index contributed by atoms with van der Waals surface area (Å²) < 4.78 is 5.76. The number of rotatable bonds is 6. The van der Waals surface area contributed by atoms with Crippen LogP contribution in [0.2, 0.25) is 0 Å². The van der Waals surface area contributed by atoms with Gasteiger partial charge in [-0.25, -0.2) is 19.9 Å². The summed E-state index contributed by atoms with van der Waals surface area (Å²) in [6.07, 6.45) is 6.63. The van der Waals surface area contributed by atoms with Gasteiger partial charge in [-0.05, 0) is 64.9 Å². The Hall–Kier alpha value is -4.25. The van der Waals surface area contributed by atoms with E-state index in [1.807, 2.05) is 13.1 Å². The molecule has 11 nitrogen and oxygen atoms in total. The molecule has 2 fully saturated rings. The molecule has 3 aromatic heterocycles. The molecule has 0 radical (unpaired) electrons. The van der Waals surface area contributed by atoms with Gasteiger partial charge in [0.15, 0.2) is 11.4 Å². The Morgan fingerprint density at radius 1 is 1.15 bits per heavy atom. The minimum Gasteiger partial charge on any atom is -0.477 e. The van der Waals surface area contributed by atoms with Crippen LogP contribution < -0.4 is 15.0 Å². The van der Waals surface area contributed by atoms with Crippen molar-refractivity contribution in [1.82, 2.24) is 24.8 Å². The van der Waals surface area contributed by atoms with Gasteiger partial charge in [-0.1, -0.05) is 0 Å². The third kappa shape index (κ3) is 4.70. The van der Waals surface area contributed by atoms with E-state index < -0.39 is 11.4 Å². The second kappa shape index (κ2) is 9.74. The van der Waals surface area contributed by atoms with E-state index in [2.05, 4.69) is 55.1 Å². The second-order valence-corrected chi connectivity index (χ2v) is 11.3. The summed E-state index contributed by atoms with van der Waals surface area (Å²) >= 11 is 0. The fraction of sp³-hybridized carbons (Fsp3) is 0.414. The van der Waals surface area contributed by atoms with Gasteiger partial charge in [0.1, 0.15) is 34.6 Å². The molecule has 0 amide bonds. The van der Waals surface area contributed by atoms with Gasteiger partial charge in [0.2, 0.25) is 5.78 Å². The molecule has 3 aliphatic heterocycles. The fourth-order valence-corrected chi connectivity index (χ4v) is 5.63. The Balaban J connectivity index is 1.13. The molecule has 6 heterocycles. The van der Waals surface area contributed by atoms with Gasteiger partial charge in [0, 0.05) is 54.9 Å². The lowest BCUT2D eigenvalue weighted by Gasteiger charge is -2.33. The van der Waals surface area contributed by atoms with E-state index in [1.165, 1.54) is 6.42 Å². The first-order valence-electron chi connectivity index (χ1n) is 13.5. The molecule has 0 spiro atoms. The summed E-state index contributed by atoms with van der Waals surface area (Å²) in [5.41, 5.74) is 1.88. The highest BCUT2D eigenvalue weighted by Crippen LogP contribution is 2.34. The molecule has 2 bridgehead atoms. The zero-order valence-corrected chi connectivity index (χ0v) is 23.4. The van der Waals surface area contributed by atoms with Crippen molar-refractivity contribution in [3.05, 3.63) is 58.8 Å². The highest BCUT2D eigenvalue weighted by molar-refractivity contribution is 6.48. The second-order valence-electron chi connectivity index (χ2n) is 11.3. The van der Waals surface area contributed by atoms with Crippen LogP contribution in [0.25, 0.3) is 0 Å². The molecule has 2 N–H and O–H groups in total. The molecule has 6 rings (SSSR count). The number of ketones is 1. The van der Waals surface area contributed by atoms with Gasteiger partial charge in [0.05, 0.1) is 6.54 Å². The molecular formula is C29H33N9O2. The normalized spacial score (nSPS) is 21.7. The average molecular weight is 540 g/mol. The van der Waals surface area contributed by atoms with Crippen LogP contribution in [0.3, 0.4) is 0 Å². The highest BCUT2D eigenvalue weighted by atomic mass is 16.5. The van der Waals surface area contributed by atoms with Crippen LogP contribution in [0.4, 0.5) is 17.5 Å². The molecule has 0 saturated carbocycles. The minimum absolute atomic E-state index is 0.164. The third-order valence-corrected chi connectivity index (χ3v) is 7.83. The van der Waals surface area contributed by atoms with Crippen molar-refractivity contribution in [2.45, 2.75) is 58.3 Å². The highest BCUT2D eigenvalue weighted by Gasteiger charge is 2.42. The zero-order chi connectivity index (χ0) is 28.2. The molecule has 2 unspecified atom stereocenters. The Morgan fingerprint density at radius 3 is 2.70 bits per heavy atom. The Labute approximate surface area is 233 Å². The van der Waals surface area contributed by atoms with Gasteiger partial charge in [-0.2, -0.15) is 0 Å². The number of hydrogen-bond acceptors (Lipinski definition) is 11. The number of aryl methyl sites for hydroxylation is 2. The van der Waals surface area contributed by atoms with Crippen LogP contribution in [-0.4, -0.2) is 80.4 Å². The standard InChI is InChI=1S/C29H33N9O2/c1-16-8-18(12-33-28(16)38-15-19-9-20(38)14-37(19)5)11-31-13-23-32-10-17(2)27(36-23)35-22-7-6-21-25(34-22)24(30)26(39)29(3,4)40-21/h6-8,10-12,19-20,30H,9,13-15H2,1-5H3,(H,32,34,35,36). The number of Topliss-reactive ketones (excluding diaryl/α,β-unsaturated/α-hetero) is 1. The number of ether oxygens (including phenoxy) is 1. The van der Waals surface area contributed by atoms with Crippen LogP contribution >= 0.6 is 0 Å². The van der Waals surface area contributed by atoms with Crippen LogP contribution in [0, 0.1) is 19.3 Å². The molecule has 40 heavy (non-hydrogen) atoms. The first-order chi connectivity index (χ1) is 19.1. The molecular weight excluding hydrogens is 506 g/mol. The van der Waals surface area contributed by atoms with Crippen molar-refractivity contribution >= 4 is 35.2 Å². The molecule has 3 aliphatic rings. The number of aromatic nitrogens is 4. The Morgan fingerprint density at radius 2 is 1.98 bits per heavy atom. The van der Waals surface area contributed by atoms with Crippen molar-refractivity contribution < 1.29 is 9.53 Å². The van der Waals surface area contributed by atoms with Gasteiger partial charge >= 0.3 is 0 Å². The number of likely N-dealkylation sites (tertiary alicyclic amines) is 1. The van der Waals surface area contributed by atoms with Crippen molar-refractivity contribution in [1.29, 1.82) is 5.41 Å². The molecule has 206 valence electrons. The summed E-state index contributed by atoms with van der Waals surface area (Å²) in [5.74, 6) is 2.66. The SMILES string of the molecule is Cc1cnc(CN=Cc2cnc(N3CC4CC3CN4C)c(C)c2)nc1Nc1ccc2c(n1)C(=N)C(=O)C(C)(C)O2. The van der Waals surface area contributed by atoms with Crippen LogP contribution in [0.5, 0.6) is 5.75 Å². The number of nitrogens with one attached hydrogen (secondary N) is 2. The van der Waals surface area contributed by atoms with E-state index >= 15 is 0 Å². The van der Waals surface area contributed by atoms with Crippen LogP contribution in [0.15, 0.2) is 35.6 Å². The maximum absolute atomic E-state index is 12.5.